The third-order valence-electron chi connectivity index (χ3n) is 5.92. The van der Waals surface area contributed by atoms with Gasteiger partial charge in [0.1, 0.15) is 42.3 Å². The van der Waals surface area contributed by atoms with Crippen LogP contribution in [0.15, 0.2) is 76.4 Å². The zero-order chi connectivity index (χ0) is 36.3. The van der Waals surface area contributed by atoms with Crippen molar-refractivity contribution in [1.29, 1.82) is 0 Å². The van der Waals surface area contributed by atoms with Crippen molar-refractivity contribution in [2.24, 2.45) is 20.5 Å². The third kappa shape index (κ3) is 11.4. The van der Waals surface area contributed by atoms with Gasteiger partial charge >= 0.3 is 118 Å². The molecule has 4 rings (SSSR count). The summed E-state index contributed by atoms with van der Waals surface area (Å²) in [5.41, 5.74) is -4.16. The Kier molecular flexibility index (Phi) is 18.7. The van der Waals surface area contributed by atoms with Gasteiger partial charge in [-0.2, -0.15) is 33.7 Å². The maximum atomic E-state index is 12.2. The molecule has 4 aromatic carbocycles. The summed E-state index contributed by atoms with van der Waals surface area (Å²) in [5, 5.41) is 53.5. The molecule has 4 aromatic rings. The van der Waals surface area contributed by atoms with E-state index in [4.69, 9.17) is 23.2 Å². The van der Waals surface area contributed by atoms with E-state index < -0.39 is 127 Å². The van der Waals surface area contributed by atoms with Crippen molar-refractivity contribution in [3.8, 4) is 23.0 Å². The Bertz CT molecular complexity index is 2420. The second-order valence-electron chi connectivity index (χ2n) is 9.09. The van der Waals surface area contributed by atoms with Gasteiger partial charge in [0.15, 0.2) is 23.0 Å². The fourth-order valence-corrected chi connectivity index (χ4v) is 7.04. The first kappa shape index (κ1) is 51.8. The Hall–Kier alpha value is -0.240. The molecule has 0 aliphatic carbocycles. The van der Waals surface area contributed by atoms with Gasteiger partial charge in [-0.15, -0.1) is 20.5 Å². The molecular weight excluding hydrogens is 867 g/mol. The first-order valence-corrected chi connectivity index (χ1v) is 18.2. The number of hydrogen-bond donors (Lipinski definition) is 8. The molecule has 8 N–H and O–H groups in total. The van der Waals surface area contributed by atoms with Crippen LogP contribution in [-0.4, -0.2) is 191 Å². The van der Waals surface area contributed by atoms with Gasteiger partial charge in [-0.3, -0.25) is 18.2 Å². The number of phenols is 4. The van der Waals surface area contributed by atoms with Crippen molar-refractivity contribution >= 4 is 215 Å². The van der Waals surface area contributed by atoms with Crippen molar-refractivity contribution in [3.63, 3.8) is 0 Å². The summed E-state index contributed by atoms with van der Waals surface area (Å²) in [7, 11) is -21.1. The fraction of sp³-hybridized carbons (Fsp3) is 0. The number of azo groups is 2. The Morgan fingerprint density at radius 1 is 0.423 bits per heavy atom. The first-order valence-electron chi connectivity index (χ1n) is 11.7. The summed E-state index contributed by atoms with van der Waals surface area (Å²) in [4.78, 5) is -4.99. The van der Waals surface area contributed by atoms with Gasteiger partial charge in [-0.1, -0.05) is 23.2 Å². The van der Waals surface area contributed by atoms with E-state index in [9.17, 15) is 72.3 Å². The van der Waals surface area contributed by atoms with Crippen LogP contribution in [0.1, 0.15) is 0 Å². The molecule has 0 atom stereocenters. The van der Waals surface area contributed by atoms with Crippen LogP contribution >= 0.6 is 23.2 Å². The molecule has 0 spiro atoms. The van der Waals surface area contributed by atoms with E-state index in [2.05, 4.69) is 20.5 Å². The Morgan fingerprint density at radius 3 is 0.981 bits per heavy atom. The van der Waals surface area contributed by atoms with Gasteiger partial charge in [0.2, 0.25) is 0 Å². The number of halogens is 2. The van der Waals surface area contributed by atoms with Crippen LogP contribution in [0.3, 0.4) is 0 Å². The minimum absolute atomic E-state index is 0. The van der Waals surface area contributed by atoms with Crippen LogP contribution in [0.4, 0.5) is 22.7 Å². The average Bonchev–Trinajstić information content (AvgIpc) is 2.92. The molecule has 0 unspecified atom stereocenters. The van der Waals surface area contributed by atoms with E-state index in [1.807, 2.05) is 0 Å². The summed E-state index contributed by atoms with van der Waals surface area (Å²) >= 11 is 11.6. The van der Waals surface area contributed by atoms with Crippen molar-refractivity contribution < 1.29 is 72.3 Å². The Morgan fingerprint density at radius 2 is 0.712 bits per heavy atom. The molecule has 52 heavy (non-hydrogen) atoms. The minimum atomic E-state index is -5.43. The van der Waals surface area contributed by atoms with Gasteiger partial charge in [0.25, 0.3) is 40.5 Å². The van der Waals surface area contributed by atoms with Crippen LogP contribution in [0.5, 0.6) is 23.0 Å². The number of fused-ring (bicyclic) bond motifs is 1. The number of aromatic hydroxyl groups is 4. The van der Waals surface area contributed by atoms with Crippen LogP contribution in [0.25, 0.3) is 10.8 Å². The summed E-state index contributed by atoms with van der Waals surface area (Å²) in [6, 6.07) is 3.61. The molecule has 0 radical (unpaired) electrons. The second kappa shape index (κ2) is 18.8. The maximum absolute atomic E-state index is 12.2. The monoisotopic (exact) mass is 884 g/mol. The van der Waals surface area contributed by atoms with Crippen LogP contribution in [-0.2, 0) is 40.5 Å². The molecule has 30 heteroatoms. The van der Waals surface area contributed by atoms with Crippen molar-refractivity contribution in [3.05, 3.63) is 46.4 Å². The normalized spacial score (nSPS) is 12.2. The number of phenolic OH excluding ortho intramolecular Hbond substituents is 4. The standard InChI is InChI=1S/C22H14Cl2N4O16S4.4Na.4H/c23-8-3-10(19(29)14(5-8)47(39,40)41)25-27-17-12(45(33,34)35)1-7-2-13(46(36,37)38)18(22(32)16(7)21(17)31)28-26-11-4-9(24)6-15(20(11)30)48(42,43)44;;;;;;;;/h1-6,29-32H,(H,33,34,35)(H,36,37,38)(H,39,40,41)(H,42,43,44);;;;;;;;/b27-25+,28-26+;;;;;;;;. The van der Waals surface area contributed by atoms with Crippen LogP contribution < -0.4 is 0 Å². The average molecular weight is 886 g/mol. The molecule has 0 amide bonds. The van der Waals surface area contributed by atoms with Gasteiger partial charge < -0.3 is 20.4 Å². The SMILES string of the molecule is O=S(=O)(O)c1cc(Cl)cc(/N=N/c2c(S(=O)(=O)O)cc3cc(S(=O)(=O)O)c(/N=N/c4cc(Cl)cc(S(=O)(=O)O)c4O)c(O)c3c2O)c1O.[NaH].[NaH].[NaH].[NaH]. The van der Waals surface area contributed by atoms with Crippen LogP contribution in [0, 0.1) is 0 Å². The summed E-state index contributed by atoms with van der Waals surface area (Å²) in [5.74, 6) is -5.33. The molecular formula is C22H18Cl2N4Na4O16S4. The van der Waals surface area contributed by atoms with Gasteiger partial charge in [0.05, 0.1) is 5.39 Å². The van der Waals surface area contributed by atoms with Crippen molar-refractivity contribution in [2.75, 3.05) is 0 Å². The molecule has 0 aliphatic heterocycles. The Balaban J connectivity index is 0.00000650. The quantitative estimate of drug-likeness (QED) is 0.0714. The third-order valence-corrected chi connectivity index (χ3v) is 9.82. The van der Waals surface area contributed by atoms with E-state index in [1.165, 1.54) is 0 Å². The second-order valence-corrected chi connectivity index (χ2v) is 15.5. The molecule has 0 aliphatic rings. The zero-order valence-electron chi connectivity index (χ0n) is 22.5. The number of hydrogen-bond acceptors (Lipinski definition) is 16. The molecule has 0 saturated carbocycles. The molecule has 0 heterocycles. The van der Waals surface area contributed by atoms with Crippen molar-refractivity contribution in [1.82, 2.24) is 0 Å². The molecule has 0 aromatic heterocycles. The predicted octanol–water partition coefficient (Wildman–Crippen LogP) is 2.19. The topological polar surface area (TPSA) is 348 Å². The zero-order valence-corrected chi connectivity index (χ0v) is 27.3. The summed E-state index contributed by atoms with van der Waals surface area (Å²) in [6.45, 7) is 0. The van der Waals surface area contributed by atoms with Gasteiger partial charge in [-0.05, 0) is 41.8 Å². The molecule has 20 nitrogen and oxygen atoms in total. The Labute approximate surface area is 391 Å². The van der Waals surface area contributed by atoms with Gasteiger partial charge in [0, 0.05) is 10.0 Å². The predicted molar refractivity (Wildman–Crippen MR) is 190 cm³/mol. The number of rotatable bonds is 8. The first-order chi connectivity index (χ1) is 21.8. The molecule has 0 bridgehead atoms. The van der Waals surface area contributed by atoms with E-state index in [0.717, 1.165) is 12.1 Å². The van der Waals surface area contributed by atoms with Crippen LogP contribution in [0.2, 0.25) is 10.0 Å². The van der Waals surface area contributed by atoms with E-state index in [0.29, 0.717) is 24.3 Å². The van der Waals surface area contributed by atoms with E-state index in [1.54, 1.807) is 0 Å². The number of nitrogens with zero attached hydrogens (tertiary/aromatic N) is 4. The summed E-state index contributed by atoms with van der Waals surface area (Å²) < 4.78 is 133. The van der Waals surface area contributed by atoms with Gasteiger partial charge in [-0.25, -0.2) is 0 Å². The number of benzene rings is 4. The molecule has 264 valence electrons. The fourth-order valence-electron chi connectivity index (χ4n) is 3.92. The van der Waals surface area contributed by atoms with E-state index >= 15 is 0 Å². The van der Waals surface area contributed by atoms with E-state index in [-0.39, 0.29) is 118 Å². The summed E-state index contributed by atoms with van der Waals surface area (Å²) in [6.07, 6.45) is 0. The van der Waals surface area contributed by atoms with Crippen molar-refractivity contribution in [2.45, 2.75) is 19.6 Å². The molecule has 0 fully saturated rings. The molecule has 0 saturated heterocycles.